The first kappa shape index (κ1) is 18.1. The molecule has 0 amide bonds. The molecule has 1 aliphatic rings. The first-order valence-corrected chi connectivity index (χ1v) is 8.07. The zero-order chi connectivity index (χ0) is 18.7. The predicted molar refractivity (Wildman–Crippen MR) is 89.8 cm³/mol. The lowest BCUT2D eigenvalue weighted by molar-refractivity contribution is -0.385. The molecule has 1 fully saturated rings. The molecular weight excluding hydrogens is 349 g/mol. The number of aromatic nitrogens is 1. The molecule has 3 rings (SSSR count). The summed E-state index contributed by atoms with van der Waals surface area (Å²) in [6.07, 6.45) is -3.08. The van der Waals surface area contributed by atoms with Crippen LogP contribution in [-0.4, -0.2) is 41.0 Å². The van der Waals surface area contributed by atoms with Gasteiger partial charge in [0.25, 0.3) is 5.69 Å². The fraction of sp³-hybridized carbons (Fsp3) is 0.353. The van der Waals surface area contributed by atoms with Crippen molar-refractivity contribution in [3.05, 3.63) is 63.8 Å². The molecule has 0 bridgehead atoms. The van der Waals surface area contributed by atoms with E-state index < -0.39 is 16.7 Å². The molecule has 0 saturated carbocycles. The molecule has 0 unspecified atom stereocenters. The van der Waals surface area contributed by atoms with Crippen LogP contribution in [0.25, 0.3) is 0 Å². The second kappa shape index (κ2) is 7.28. The highest BCUT2D eigenvalue weighted by atomic mass is 19.4. The molecule has 0 N–H and O–H groups in total. The first-order chi connectivity index (χ1) is 12.3. The van der Waals surface area contributed by atoms with Crippen LogP contribution in [0.4, 0.5) is 24.7 Å². The number of benzene rings is 1. The van der Waals surface area contributed by atoms with Gasteiger partial charge in [0.2, 0.25) is 0 Å². The van der Waals surface area contributed by atoms with E-state index in [1.54, 1.807) is 6.07 Å². The van der Waals surface area contributed by atoms with Crippen LogP contribution >= 0.6 is 0 Å². The van der Waals surface area contributed by atoms with E-state index in [0.29, 0.717) is 25.5 Å². The Labute approximate surface area is 148 Å². The third-order valence-corrected chi connectivity index (χ3v) is 4.33. The van der Waals surface area contributed by atoms with E-state index in [1.807, 2.05) is 4.90 Å². The van der Waals surface area contributed by atoms with E-state index in [-0.39, 0.29) is 5.69 Å². The van der Waals surface area contributed by atoms with Gasteiger partial charge in [-0.2, -0.15) is 13.2 Å². The SMILES string of the molecule is O=[N+]([O-])c1ccc(N2CCN(Cc3ccc(C(F)(F)F)cc3)CC2)nc1. The number of hydrogen-bond acceptors (Lipinski definition) is 5. The Hall–Kier alpha value is -2.68. The quantitative estimate of drug-likeness (QED) is 0.614. The number of pyridine rings is 1. The van der Waals surface area contributed by atoms with Crippen molar-refractivity contribution >= 4 is 11.5 Å². The van der Waals surface area contributed by atoms with Gasteiger partial charge in [-0.15, -0.1) is 0 Å². The highest BCUT2D eigenvalue weighted by Crippen LogP contribution is 2.29. The zero-order valence-electron chi connectivity index (χ0n) is 13.8. The van der Waals surface area contributed by atoms with Gasteiger partial charge in [0.15, 0.2) is 0 Å². The fourth-order valence-electron chi connectivity index (χ4n) is 2.87. The van der Waals surface area contributed by atoms with Crippen LogP contribution in [-0.2, 0) is 12.7 Å². The Kier molecular flexibility index (Phi) is 5.08. The molecular formula is C17H17F3N4O2. The fourth-order valence-corrected chi connectivity index (χ4v) is 2.87. The molecule has 1 saturated heterocycles. The summed E-state index contributed by atoms with van der Waals surface area (Å²) < 4.78 is 37.8. The maximum absolute atomic E-state index is 12.6. The number of piperazine rings is 1. The summed E-state index contributed by atoms with van der Waals surface area (Å²) in [6.45, 7) is 3.45. The molecule has 9 heteroatoms. The lowest BCUT2D eigenvalue weighted by atomic mass is 10.1. The summed E-state index contributed by atoms with van der Waals surface area (Å²) in [5.74, 6) is 0.685. The first-order valence-electron chi connectivity index (χ1n) is 8.07. The molecule has 0 aliphatic carbocycles. The van der Waals surface area contributed by atoms with E-state index in [1.165, 1.54) is 24.4 Å². The summed E-state index contributed by atoms with van der Waals surface area (Å²) in [4.78, 5) is 18.5. The minimum absolute atomic E-state index is 0.0466. The van der Waals surface area contributed by atoms with Crippen LogP contribution in [0.1, 0.15) is 11.1 Å². The second-order valence-corrected chi connectivity index (χ2v) is 6.09. The summed E-state index contributed by atoms with van der Waals surface area (Å²) in [6, 6.07) is 8.28. The predicted octanol–water partition coefficient (Wildman–Crippen LogP) is 3.33. The molecule has 1 aromatic heterocycles. The number of nitrogens with zero attached hydrogens (tertiary/aromatic N) is 4. The van der Waals surface area contributed by atoms with Crippen molar-refractivity contribution in [1.82, 2.24) is 9.88 Å². The number of hydrogen-bond donors (Lipinski definition) is 0. The van der Waals surface area contributed by atoms with Crippen LogP contribution in [0.2, 0.25) is 0 Å². The summed E-state index contributed by atoms with van der Waals surface area (Å²) in [5, 5.41) is 10.7. The van der Waals surface area contributed by atoms with Crippen molar-refractivity contribution in [2.75, 3.05) is 31.1 Å². The molecule has 6 nitrogen and oxygen atoms in total. The van der Waals surface area contributed by atoms with Crippen LogP contribution in [0.5, 0.6) is 0 Å². The van der Waals surface area contributed by atoms with E-state index in [2.05, 4.69) is 9.88 Å². The summed E-state index contributed by atoms with van der Waals surface area (Å²) >= 11 is 0. The third-order valence-electron chi connectivity index (χ3n) is 4.33. The molecule has 26 heavy (non-hydrogen) atoms. The van der Waals surface area contributed by atoms with Crippen molar-refractivity contribution < 1.29 is 18.1 Å². The van der Waals surface area contributed by atoms with Crippen molar-refractivity contribution in [3.8, 4) is 0 Å². The van der Waals surface area contributed by atoms with E-state index in [0.717, 1.165) is 30.8 Å². The number of anilines is 1. The normalized spacial score (nSPS) is 15.9. The van der Waals surface area contributed by atoms with E-state index >= 15 is 0 Å². The van der Waals surface area contributed by atoms with Crippen LogP contribution in [0.15, 0.2) is 42.6 Å². The highest BCUT2D eigenvalue weighted by molar-refractivity contribution is 5.43. The van der Waals surface area contributed by atoms with Gasteiger partial charge >= 0.3 is 6.18 Å². The Morgan fingerprint density at radius 3 is 2.19 bits per heavy atom. The standard InChI is InChI=1S/C17H17F3N4O2/c18-17(19,20)14-3-1-13(2-4-14)12-22-7-9-23(10-8-22)16-6-5-15(11-21-16)24(25)26/h1-6,11H,7-10,12H2. The number of halogens is 3. The van der Waals surface area contributed by atoms with Gasteiger partial charge < -0.3 is 4.90 Å². The van der Waals surface area contributed by atoms with Gasteiger partial charge in [-0.1, -0.05) is 12.1 Å². The average Bonchev–Trinajstić information content (AvgIpc) is 2.62. The van der Waals surface area contributed by atoms with Gasteiger partial charge in [0.1, 0.15) is 12.0 Å². The molecule has 1 aromatic carbocycles. The van der Waals surface area contributed by atoms with Gasteiger partial charge in [0.05, 0.1) is 10.5 Å². The average molecular weight is 366 g/mol. The van der Waals surface area contributed by atoms with E-state index in [9.17, 15) is 23.3 Å². The monoisotopic (exact) mass is 366 g/mol. The molecule has 0 atom stereocenters. The topological polar surface area (TPSA) is 62.5 Å². The smallest absolute Gasteiger partial charge is 0.354 e. The lowest BCUT2D eigenvalue weighted by Crippen LogP contribution is -2.46. The van der Waals surface area contributed by atoms with Crippen molar-refractivity contribution in [3.63, 3.8) is 0 Å². The Balaban J connectivity index is 1.54. The molecule has 0 radical (unpaired) electrons. The van der Waals surface area contributed by atoms with Gasteiger partial charge in [-0.25, -0.2) is 4.98 Å². The summed E-state index contributed by atoms with van der Waals surface area (Å²) in [7, 11) is 0. The Bertz CT molecular complexity index is 755. The lowest BCUT2D eigenvalue weighted by Gasteiger charge is -2.35. The molecule has 2 aromatic rings. The summed E-state index contributed by atoms with van der Waals surface area (Å²) in [5.41, 5.74) is 0.143. The van der Waals surface area contributed by atoms with E-state index in [4.69, 9.17) is 0 Å². The minimum atomic E-state index is -4.32. The van der Waals surface area contributed by atoms with Crippen LogP contribution in [0, 0.1) is 10.1 Å². The van der Waals surface area contributed by atoms with Crippen LogP contribution < -0.4 is 4.90 Å². The maximum Gasteiger partial charge on any atom is 0.416 e. The minimum Gasteiger partial charge on any atom is -0.354 e. The Morgan fingerprint density at radius 1 is 1.04 bits per heavy atom. The number of alkyl halides is 3. The second-order valence-electron chi connectivity index (χ2n) is 6.09. The number of nitro groups is 1. The molecule has 138 valence electrons. The van der Waals surface area contributed by atoms with Crippen molar-refractivity contribution in [2.45, 2.75) is 12.7 Å². The maximum atomic E-state index is 12.6. The molecule has 0 spiro atoms. The largest absolute Gasteiger partial charge is 0.416 e. The van der Waals surface area contributed by atoms with Gasteiger partial charge in [-0.05, 0) is 23.8 Å². The molecule has 2 heterocycles. The van der Waals surface area contributed by atoms with Crippen molar-refractivity contribution in [1.29, 1.82) is 0 Å². The van der Waals surface area contributed by atoms with Gasteiger partial charge in [-0.3, -0.25) is 15.0 Å². The number of rotatable bonds is 4. The Morgan fingerprint density at radius 2 is 1.69 bits per heavy atom. The zero-order valence-corrected chi connectivity index (χ0v) is 13.8. The van der Waals surface area contributed by atoms with Gasteiger partial charge in [0, 0.05) is 38.8 Å². The van der Waals surface area contributed by atoms with Crippen LogP contribution in [0.3, 0.4) is 0 Å². The highest BCUT2D eigenvalue weighted by Gasteiger charge is 2.30. The van der Waals surface area contributed by atoms with Crippen molar-refractivity contribution in [2.24, 2.45) is 0 Å². The third kappa shape index (κ3) is 4.29. The molecule has 1 aliphatic heterocycles.